The molecular weight excluding hydrogens is 386 g/mol. The summed E-state index contributed by atoms with van der Waals surface area (Å²) in [6.07, 6.45) is 2.61. The Labute approximate surface area is 174 Å². The van der Waals surface area contributed by atoms with Gasteiger partial charge in [0.2, 0.25) is 0 Å². The summed E-state index contributed by atoms with van der Waals surface area (Å²) in [5.74, 6) is 0.625. The van der Waals surface area contributed by atoms with Crippen molar-refractivity contribution in [2.45, 2.75) is 39.0 Å². The summed E-state index contributed by atoms with van der Waals surface area (Å²) in [6, 6.07) is 15.3. The fourth-order valence-corrected chi connectivity index (χ4v) is 3.42. The second-order valence-electron chi connectivity index (χ2n) is 6.62. The van der Waals surface area contributed by atoms with Crippen molar-refractivity contribution in [1.29, 1.82) is 0 Å². The standard InChI is InChI=1S/C21H27FN2O.2ClH/c1-2-24-12-4-6-20(24)15-23-14-18-5-3-7-21(13-18)25-16-17-8-10-19(22)11-9-17;;/h3,5,7-11,13,20,23H,2,4,6,12,14-16H2,1H3;2*1H. The Kier molecular flexibility index (Phi) is 10.7. The summed E-state index contributed by atoms with van der Waals surface area (Å²) in [5.41, 5.74) is 2.18. The highest BCUT2D eigenvalue weighted by molar-refractivity contribution is 5.85. The van der Waals surface area contributed by atoms with E-state index in [1.54, 1.807) is 12.1 Å². The highest BCUT2D eigenvalue weighted by Gasteiger charge is 2.21. The number of nitrogens with one attached hydrogen (secondary N) is 1. The lowest BCUT2D eigenvalue weighted by Gasteiger charge is -2.23. The van der Waals surface area contributed by atoms with E-state index in [2.05, 4.69) is 29.3 Å². The summed E-state index contributed by atoms with van der Waals surface area (Å²) < 4.78 is 18.8. The molecule has 6 heteroatoms. The van der Waals surface area contributed by atoms with E-state index in [4.69, 9.17) is 4.74 Å². The smallest absolute Gasteiger partial charge is 0.123 e. The van der Waals surface area contributed by atoms with Gasteiger partial charge in [0.15, 0.2) is 0 Å². The van der Waals surface area contributed by atoms with Crippen LogP contribution in [0.5, 0.6) is 5.75 Å². The van der Waals surface area contributed by atoms with Crippen LogP contribution >= 0.6 is 24.8 Å². The van der Waals surface area contributed by atoms with Crippen molar-refractivity contribution in [2.24, 2.45) is 0 Å². The number of hydrogen-bond acceptors (Lipinski definition) is 3. The van der Waals surface area contributed by atoms with Crippen molar-refractivity contribution in [3.63, 3.8) is 0 Å². The van der Waals surface area contributed by atoms with Crippen LogP contribution in [0.4, 0.5) is 4.39 Å². The maximum Gasteiger partial charge on any atom is 0.123 e. The summed E-state index contributed by atoms with van der Waals surface area (Å²) in [6.45, 7) is 6.94. The van der Waals surface area contributed by atoms with Crippen LogP contribution < -0.4 is 10.1 Å². The second kappa shape index (κ2) is 12.2. The van der Waals surface area contributed by atoms with Gasteiger partial charge in [-0.15, -0.1) is 24.8 Å². The summed E-state index contributed by atoms with van der Waals surface area (Å²) in [5, 5.41) is 3.58. The fraction of sp³-hybridized carbons (Fsp3) is 0.429. The highest BCUT2D eigenvalue weighted by atomic mass is 35.5. The minimum absolute atomic E-state index is 0. The van der Waals surface area contributed by atoms with E-state index in [-0.39, 0.29) is 30.6 Å². The number of likely N-dealkylation sites (tertiary alicyclic amines) is 1. The fourth-order valence-electron chi connectivity index (χ4n) is 3.42. The van der Waals surface area contributed by atoms with Crippen molar-refractivity contribution < 1.29 is 9.13 Å². The quantitative estimate of drug-likeness (QED) is 0.669. The van der Waals surface area contributed by atoms with Gasteiger partial charge in [0.25, 0.3) is 0 Å². The molecule has 1 unspecified atom stereocenters. The second-order valence-corrected chi connectivity index (χ2v) is 6.62. The van der Waals surface area contributed by atoms with Gasteiger partial charge >= 0.3 is 0 Å². The van der Waals surface area contributed by atoms with Crippen molar-refractivity contribution >= 4 is 24.8 Å². The topological polar surface area (TPSA) is 24.5 Å². The summed E-state index contributed by atoms with van der Waals surface area (Å²) >= 11 is 0. The Morgan fingerprint density at radius 3 is 2.63 bits per heavy atom. The molecular formula is C21H29Cl2FN2O. The van der Waals surface area contributed by atoms with E-state index in [9.17, 15) is 4.39 Å². The van der Waals surface area contributed by atoms with Gasteiger partial charge < -0.3 is 10.1 Å². The van der Waals surface area contributed by atoms with E-state index in [1.807, 2.05) is 12.1 Å². The Balaban J connectivity index is 0.00000182. The predicted octanol–water partition coefficient (Wildman–Crippen LogP) is 4.82. The third-order valence-corrected chi connectivity index (χ3v) is 4.83. The molecule has 0 aliphatic carbocycles. The van der Waals surface area contributed by atoms with Crippen LogP contribution in [-0.4, -0.2) is 30.6 Å². The molecule has 1 saturated heterocycles. The minimum atomic E-state index is -0.222. The van der Waals surface area contributed by atoms with Crippen LogP contribution in [0.2, 0.25) is 0 Å². The molecule has 1 fully saturated rings. The van der Waals surface area contributed by atoms with Crippen molar-refractivity contribution in [3.8, 4) is 5.75 Å². The molecule has 150 valence electrons. The Bertz CT molecular complexity index is 669. The maximum atomic E-state index is 12.9. The molecule has 27 heavy (non-hydrogen) atoms. The Hall–Kier alpha value is -1.33. The zero-order chi connectivity index (χ0) is 17.5. The van der Waals surface area contributed by atoms with Crippen molar-refractivity contribution in [3.05, 3.63) is 65.5 Å². The first-order valence-electron chi connectivity index (χ1n) is 9.15. The Morgan fingerprint density at radius 1 is 1.11 bits per heavy atom. The first kappa shape index (κ1) is 23.7. The molecule has 1 atom stereocenters. The average Bonchev–Trinajstić information content (AvgIpc) is 3.09. The first-order chi connectivity index (χ1) is 12.2. The molecule has 0 radical (unpaired) electrons. The van der Waals surface area contributed by atoms with Crippen LogP contribution in [0.25, 0.3) is 0 Å². The largest absolute Gasteiger partial charge is 0.489 e. The number of rotatable bonds is 8. The third-order valence-electron chi connectivity index (χ3n) is 4.83. The van der Waals surface area contributed by atoms with Crippen LogP contribution in [0.3, 0.4) is 0 Å². The molecule has 1 heterocycles. The van der Waals surface area contributed by atoms with Crippen molar-refractivity contribution in [1.82, 2.24) is 10.2 Å². The van der Waals surface area contributed by atoms with Gasteiger partial charge in [-0.05, 0) is 61.3 Å². The van der Waals surface area contributed by atoms with Crippen LogP contribution in [0.15, 0.2) is 48.5 Å². The van der Waals surface area contributed by atoms with Crippen LogP contribution in [0, 0.1) is 5.82 Å². The lowest BCUT2D eigenvalue weighted by molar-refractivity contribution is 0.260. The molecule has 0 saturated carbocycles. The third kappa shape index (κ3) is 7.30. The van der Waals surface area contributed by atoms with Gasteiger partial charge in [-0.1, -0.05) is 31.2 Å². The van der Waals surface area contributed by atoms with Gasteiger partial charge in [0.05, 0.1) is 0 Å². The zero-order valence-electron chi connectivity index (χ0n) is 15.7. The molecule has 0 bridgehead atoms. The van der Waals surface area contributed by atoms with E-state index in [0.29, 0.717) is 12.6 Å². The zero-order valence-corrected chi connectivity index (χ0v) is 17.3. The molecule has 1 N–H and O–H groups in total. The van der Waals surface area contributed by atoms with E-state index in [0.717, 1.165) is 30.9 Å². The number of likely N-dealkylation sites (N-methyl/N-ethyl adjacent to an activating group) is 1. The lowest BCUT2D eigenvalue weighted by atomic mass is 10.2. The minimum Gasteiger partial charge on any atom is -0.489 e. The van der Waals surface area contributed by atoms with Gasteiger partial charge in [-0.2, -0.15) is 0 Å². The van der Waals surface area contributed by atoms with Gasteiger partial charge in [0.1, 0.15) is 18.2 Å². The predicted molar refractivity (Wildman–Crippen MR) is 114 cm³/mol. The van der Waals surface area contributed by atoms with Gasteiger partial charge in [0, 0.05) is 19.1 Å². The normalized spacial score (nSPS) is 16.4. The number of benzene rings is 2. The number of ether oxygens (including phenoxy) is 1. The molecule has 2 aromatic rings. The van der Waals surface area contributed by atoms with E-state index < -0.39 is 0 Å². The number of nitrogens with zero attached hydrogens (tertiary/aromatic N) is 1. The monoisotopic (exact) mass is 414 g/mol. The van der Waals surface area contributed by atoms with Crippen molar-refractivity contribution in [2.75, 3.05) is 19.6 Å². The van der Waals surface area contributed by atoms with E-state index in [1.165, 1.54) is 37.1 Å². The molecule has 1 aliphatic heterocycles. The molecule has 1 aliphatic rings. The summed E-state index contributed by atoms with van der Waals surface area (Å²) in [7, 11) is 0. The average molecular weight is 415 g/mol. The van der Waals surface area contributed by atoms with Crippen LogP contribution in [-0.2, 0) is 13.2 Å². The first-order valence-corrected chi connectivity index (χ1v) is 9.15. The number of halogens is 3. The molecule has 3 rings (SSSR count). The lowest BCUT2D eigenvalue weighted by Crippen LogP contribution is -2.37. The van der Waals surface area contributed by atoms with Crippen LogP contribution in [0.1, 0.15) is 30.9 Å². The highest BCUT2D eigenvalue weighted by Crippen LogP contribution is 2.17. The van der Waals surface area contributed by atoms with E-state index >= 15 is 0 Å². The van der Waals surface area contributed by atoms with Gasteiger partial charge in [-0.3, -0.25) is 4.90 Å². The van der Waals surface area contributed by atoms with Gasteiger partial charge in [-0.25, -0.2) is 4.39 Å². The number of hydrogen-bond donors (Lipinski definition) is 1. The molecule has 0 spiro atoms. The maximum absolute atomic E-state index is 12.9. The SMILES string of the molecule is CCN1CCCC1CNCc1cccc(OCc2ccc(F)cc2)c1.Cl.Cl. The summed E-state index contributed by atoms with van der Waals surface area (Å²) in [4.78, 5) is 2.55. The Morgan fingerprint density at radius 2 is 1.89 bits per heavy atom. The molecule has 0 aromatic heterocycles. The molecule has 3 nitrogen and oxygen atoms in total. The molecule has 2 aromatic carbocycles. The molecule has 0 amide bonds.